The highest BCUT2D eigenvalue weighted by molar-refractivity contribution is 5.78. The molecular formula is C7H10N2O4. The fourth-order valence-corrected chi connectivity index (χ4v) is 0.874. The zero-order valence-electron chi connectivity index (χ0n) is 7.02. The van der Waals surface area contributed by atoms with Crippen LogP contribution in [0.5, 0.6) is 11.8 Å². The molecule has 0 amide bonds. The van der Waals surface area contributed by atoms with Gasteiger partial charge in [0.25, 0.3) is 0 Å². The second-order valence-electron chi connectivity index (χ2n) is 2.32. The first-order chi connectivity index (χ1) is 6.07. The van der Waals surface area contributed by atoms with Gasteiger partial charge in [-0.1, -0.05) is 0 Å². The predicted octanol–water partition coefficient (Wildman–Crippen LogP) is 0.486. The van der Waals surface area contributed by atoms with Crippen LogP contribution in [0.1, 0.15) is 6.92 Å². The molecule has 1 aromatic rings. The average molecular weight is 186 g/mol. The molecular weight excluding hydrogens is 176 g/mol. The van der Waals surface area contributed by atoms with E-state index in [-0.39, 0.29) is 12.3 Å². The van der Waals surface area contributed by atoms with E-state index in [1.54, 1.807) is 6.92 Å². The van der Waals surface area contributed by atoms with Gasteiger partial charge in [-0.25, -0.2) is 4.79 Å². The van der Waals surface area contributed by atoms with Gasteiger partial charge in [0.05, 0.1) is 12.3 Å². The quantitative estimate of drug-likeness (QED) is 0.592. The molecule has 13 heavy (non-hydrogen) atoms. The maximum absolute atomic E-state index is 11.1. The molecule has 4 N–H and O–H groups in total. The van der Waals surface area contributed by atoms with Crippen molar-refractivity contribution in [1.29, 1.82) is 0 Å². The molecule has 1 rings (SSSR count). The molecule has 0 aliphatic carbocycles. The lowest BCUT2D eigenvalue weighted by molar-refractivity contribution is 0.148. The summed E-state index contributed by atoms with van der Waals surface area (Å²) in [5.41, 5.74) is 5.16. The summed E-state index contributed by atoms with van der Waals surface area (Å²) in [5, 5.41) is 18.3. The Morgan fingerprint density at radius 2 is 2.31 bits per heavy atom. The smallest absolute Gasteiger partial charge is 0.423 e. The van der Waals surface area contributed by atoms with Crippen LogP contribution in [0, 0.1) is 0 Å². The Morgan fingerprint density at radius 3 is 2.69 bits per heavy atom. The van der Waals surface area contributed by atoms with Crippen molar-refractivity contribution in [3.63, 3.8) is 0 Å². The number of anilines is 1. The van der Waals surface area contributed by atoms with Crippen molar-refractivity contribution in [1.82, 2.24) is 4.57 Å². The summed E-state index contributed by atoms with van der Waals surface area (Å²) >= 11 is 0. The maximum atomic E-state index is 11.1. The zero-order valence-corrected chi connectivity index (χ0v) is 7.02. The normalized spacial score (nSPS) is 9.92. The minimum Gasteiger partial charge on any atom is -0.494 e. The van der Waals surface area contributed by atoms with Gasteiger partial charge in [-0.2, -0.15) is 4.57 Å². The third-order valence-corrected chi connectivity index (χ3v) is 1.43. The zero-order chi connectivity index (χ0) is 10.0. The second-order valence-corrected chi connectivity index (χ2v) is 2.32. The summed E-state index contributed by atoms with van der Waals surface area (Å²) in [7, 11) is 0. The van der Waals surface area contributed by atoms with E-state index in [9.17, 15) is 9.90 Å². The van der Waals surface area contributed by atoms with Crippen LogP contribution in [0.15, 0.2) is 6.07 Å². The van der Waals surface area contributed by atoms with Crippen LogP contribution >= 0.6 is 0 Å². The van der Waals surface area contributed by atoms with E-state index in [2.05, 4.69) is 4.74 Å². The fraction of sp³-hybridized carbons (Fsp3) is 0.286. The molecule has 1 heterocycles. The number of nitrogens with two attached hydrogens (primary N) is 1. The highest BCUT2D eigenvalue weighted by Gasteiger charge is 2.18. The van der Waals surface area contributed by atoms with E-state index in [1.165, 1.54) is 0 Å². The van der Waals surface area contributed by atoms with Gasteiger partial charge in [0.15, 0.2) is 0 Å². The lowest BCUT2D eigenvalue weighted by atomic mass is 10.5. The maximum Gasteiger partial charge on any atom is 0.423 e. The number of hydrogen-bond donors (Lipinski definition) is 3. The molecule has 6 heteroatoms. The molecule has 0 aliphatic rings. The van der Waals surface area contributed by atoms with Crippen LogP contribution in [0.3, 0.4) is 0 Å². The van der Waals surface area contributed by atoms with Crippen molar-refractivity contribution in [3.8, 4) is 11.8 Å². The number of nitrogen functional groups attached to an aromatic ring is 1. The fourth-order valence-electron chi connectivity index (χ4n) is 0.874. The van der Waals surface area contributed by atoms with Crippen molar-refractivity contribution < 1.29 is 19.7 Å². The van der Waals surface area contributed by atoms with Gasteiger partial charge in [0, 0.05) is 6.07 Å². The van der Waals surface area contributed by atoms with Crippen molar-refractivity contribution >= 4 is 11.8 Å². The molecule has 0 bridgehead atoms. The lowest BCUT2D eigenvalue weighted by Gasteiger charge is -2.04. The van der Waals surface area contributed by atoms with Crippen LogP contribution in [-0.2, 0) is 4.74 Å². The number of carbonyl (C=O) groups is 1. The van der Waals surface area contributed by atoms with E-state index < -0.39 is 17.9 Å². The standard InChI is InChI=1S/C7H10N2O4/c1-2-13-7(12)9-5(10)3-4(8)6(9)11/h3,10-11H,2,8H2,1H3. The molecule has 0 atom stereocenters. The molecule has 6 nitrogen and oxygen atoms in total. The Balaban J connectivity index is 3.06. The number of carbonyl (C=O) groups excluding carboxylic acids is 1. The topological polar surface area (TPSA) is 97.7 Å². The first-order valence-corrected chi connectivity index (χ1v) is 3.64. The van der Waals surface area contributed by atoms with E-state index in [1.807, 2.05) is 0 Å². The number of hydrogen-bond acceptors (Lipinski definition) is 5. The molecule has 0 saturated carbocycles. The van der Waals surface area contributed by atoms with Gasteiger partial charge in [-0.3, -0.25) is 0 Å². The minimum atomic E-state index is -0.866. The summed E-state index contributed by atoms with van der Waals surface area (Å²) in [6.07, 6.45) is -0.866. The van der Waals surface area contributed by atoms with Crippen LogP contribution in [0.2, 0.25) is 0 Å². The molecule has 0 aromatic carbocycles. The van der Waals surface area contributed by atoms with Gasteiger partial charge in [-0.15, -0.1) is 0 Å². The summed E-state index contributed by atoms with van der Waals surface area (Å²) in [6.45, 7) is 1.76. The van der Waals surface area contributed by atoms with E-state index in [0.717, 1.165) is 6.07 Å². The molecule has 0 spiro atoms. The number of aromatic hydroxyl groups is 2. The summed E-state index contributed by atoms with van der Waals surface area (Å²) in [4.78, 5) is 11.1. The third-order valence-electron chi connectivity index (χ3n) is 1.43. The molecule has 72 valence electrons. The summed E-state index contributed by atoms with van der Waals surface area (Å²) < 4.78 is 5.13. The van der Waals surface area contributed by atoms with Crippen molar-refractivity contribution in [2.24, 2.45) is 0 Å². The molecule has 0 fully saturated rings. The van der Waals surface area contributed by atoms with Gasteiger partial charge in [-0.05, 0) is 6.92 Å². The Morgan fingerprint density at radius 1 is 1.69 bits per heavy atom. The van der Waals surface area contributed by atoms with E-state index >= 15 is 0 Å². The molecule has 0 saturated heterocycles. The number of aromatic nitrogens is 1. The van der Waals surface area contributed by atoms with Crippen molar-refractivity contribution in [2.75, 3.05) is 12.3 Å². The van der Waals surface area contributed by atoms with Gasteiger partial charge in [0.1, 0.15) is 0 Å². The van der Waals surface area contributed by atoms with E-state index in [0.29, 0.717) is 4.57 Å². The summed E-state index contributed by atoms with van der Waals surface area (Å²) in [5.74, 6) is -0.968. The highest BCUT2D eigenvalue weighted by Crippen LogP contribution is 2.29. The first kappa shape index (κ1) is 9.24. The SMILES string of the molecule is CCOC(=O)n1c(O)cc(N)c1O. The Hall–Kier alpha value is -1.85. The highest BCUT2D eigenvalue weighted by atomic mass is 16.6. The average Bonchev–Trinajstić information content (AvgIpc) is 2.27. The molecule has 0 unspecified atom stereocenters. The van der Waals surface area contributed by atoms with Crippen LogP contribution < -0.4 is 5.73 Å². The number of rotatable bonds is 1. The lowest BCUT2D eigenvalue weighted by Crippen LogP contribution is -2.12. The minimum absolute atomic E-state index is 0.0782. The van der Waals surface area contributed by atoms with Gasteiger partial charge in [0.2, 0.25) is 11.8 Å². The molecule has 1 aromatic heterocycles. The Bertz CT molecular complexity index is 331. The monoisotopic (exact) mass is 186 g/mol. The third kappa shape index (κ3) is 1.51. The predicted molar refractivity (Wildman–Crippen MR) is 44.6 cm³/mol. The number of nitrogens with zero attached hydrogens (tertiary/aromatic N) is 1. The van der Waals surface area contributed by atoms with Crippen LogP contribution in [0.25, 0.3) is 0 Å². The Kier molecular flexibility index (Phi) is 2.32. The van der Waals surface area contributed by atoms with Gasteiger partial charge >= 0.3 is 6.09 Å². The molecule has 0 radical (unpaired) electrons. The first-order valence-electron chi connectivity index (χ1n) is 3.64. The number of ether oxygens (including phenoxy) is 1. The Labute approximate surface area is 74.1 Å². The van der Waals surface area contributed by atoms with Crippen molar-refractivity contribution in [2.45, 2.75) is 6.92 Å². The second kappa shape index (κ2) is 3.26. The van der Waals surface area contributed by atoms with Crippen LogP contribution in [-0.4, -0.2) is 27.5 Å². The molecule has 0 aliphatic heterocycles. The van der Waals surface area contributed by atoms with Crippen LogP contribution in [0.4, 0.5) is 10.5 Å². The van der Waals surface area contributed by atoms with Crippen molar-refractivity contribution in [3.05, 3.63) is 6.07 Å². The van der Waals surface area contributed by atoms with Gasteiger partial charge < -0.3 is 20.7 Å². The largest absolute Gasteiger partial charge is 0.494 e. The van der Waals surface area contributed by atoms with E-state index in [4.69, 9.17) is 10.8 Å². The summed E-state index contributed by atoms with van der Waals surface area (Å²) in [6, 6.07) is 1.06.